The Labute approximate surface area is 132 Å². The molecule has 1 N–H and O–H groups in total. The molecule has 1 aliphatic rings. The highest BCUT2D eigenvalue weighted by atomic mass is 32.2. The van der Waals surface area contributed by atoms with Crippen molar-refractivity contribution < 1.29 is 8.42 Å². The zero-order valence-electron chi connectivity index (χ0n) is 13.0. The normalized spacial score (nSPS) is 20.5. The predicted octanol–water partition coefficient (Wildman–Crippen LogP) is 1.57. The summed E-state index contributed by atoms with van der Waals surface area (Å²) in [6.07, 6.45) is 0.926. The van der Waals surface area contributed by atoms with E-state index in [1.807, 2.05) is 13.1 Å². The first-order valence-corrected chi connectivity index (χ1v) is 9.76. The Morgan fingerprint density at radius 1 is 1.38 bits per heavy atom. The molecule has 0 bridgehead atoms. The van der Waals surface area contributed by atoms with Gasteiger partial charge in [-0.1, -0.05) is 13.8 Å². The molecule has 1 saturated heterocycles. The van der Waals surface area contributed by atoms with Gasteiger partial charge in [-0.05, 0) is 38.7 Å². The number of hydrogen-bond acceptors (Lipinski definition) is 5. The van der Waals surface area contributed by atoms with E-state index in [9.17, 15) is 8.42 Å². The van der Waals surface area contributed by atoms with Crippen molar-refractivity contribution >= 4 is 21.4 Å². The van der Waals surface area contributed by atoms with E-state index in [0.717, 1.165) is 24.4 Å². The van der Waals surface area contributed by atoms with Crippen LogP contribution in [0.1, 0.15) is 25.1 Å². The molecule has 0 radical (unpaired) electrons. The van der Waals surface area contributed by atoms with Gasteiger partial charge in [-0.2, -0.15) is 4.31 Å². The minimum absolute atomic E-state index is 0.353. The average Bonchev–Trinajstić information content (AvgIpc) is 3.10. The molecule has 1 fully saturated rings. The third-order valence-electron chi connectivity index (χ3n) is 4.04. The van der Waals surface area contributed by atoms with Crippen LogP contribution >= 0.6 is 11.3 Å². The summed E-state index contributed by atoms with van der Waals surface area (Å²) in [6.45, 7) is 8.16. The van der Waals surface area contributed by atoms with Crippen LogP contribution < -0.4 is 5.32 Å². The lowest BCUT2D eigenvalue weighted by Gasteiger charge is -2.25. The van der Waals surface area contributed by atoms with Gasteiger partial charge < -0.3 is 5.32 Å². The fraction of sp³-hybridized carbons (Fsp3) is 0.714. The lowest BCUT2D eigenvalue weighted by Crippen LogP contribution is -2.38. The van der Waals surface area contributed by atoms with Crippen LogP contribution in [0.2, 0.25) is 0 Å². The summed E-state index contributed by atoms with van der Waals surface area (Å²) >= 11 is 1.37. The fourth-order valence-electron chi connectivity index (χ4n) is 2.86. The number of nitrogens with zero attached hydrogens (tertiary/aromatic N) is 2. The number of likely N-dealkylation sites (N-methyl/N-ethyl adjacent to an activating group) is 1. The van der Waals surface area contributed by atoms with Crippen LogP contribution in [0.15, 0.2) is 16.3 Å². The Bertz CT molecular complexity index is 552. The smallest absolute Gasteiger partial charge is 0.252 e. The molecular formula is C14H25N3O2S2. The largest absolute Gasteiger partial charge is 0.315 e. The van der Waals surface area contributed by atoms with Gasteiger partial charge in [-0.15, -0.1) is 11.3 Å². The van der Waals surface area contributed by atoms with Gasteiger partial charge in [0.25, 0.3) is 10.0 Å². The van der Waals surface area contributed by atoms with Crippen molar-refractivity contribution in [2.45, 2.75) is 37.1 Å². The first-order chi connectivity index (χ1) is 10.0. The van der Waals surface area contributed by atoms with Gasteiger partial charge in [-0.25, -0.2) is 8.42 Å². The summed E-state index contributed by atoms with van der Waals surface area (Å²) in [7, 11) is -1.46. The van der Waals surface area contributed by atoms with Crippen molar-refractivity contribution in [2.75, 3.05) is 33.2 Å². The van der Waals surface area contributed by atoms with Gasteiger partial charge in [0.05, 0.1) is 0 Å². The molecule has 1 aromatic rings. The van der Waals surface area contributed by atoms with Crippen LogP contribution in [0.5, 0.6) is 0 Å². The van der Waals surface area contributed by atoms with Crippen molar-refractivity contribution in [3.8, 4) is 0 Å². The Hall–Kier alpha value is -0.470. The Balaban J connectivity index is 2.10. The minimum atomic E-state index is -3.32. The molecule has 21 heavy (non-hydrogen) atoms. The first kappa shape index (κ1) is 16.9. The molecule has 1 aromatic heterocycles. The Kier molecular flexibility index (Phi) is 5.79. The van der Waals surface area contributed by atoms with Crippen molar-refractivity contribution in [2.24, 2.45) is 0 Å². The molecule has 0 aromatic carbocycles. The number of hydrogen-bond donors (Lipinski definition) is 1. The molecule has 120 valence electrons. The maximum absolute atomic E-state index is 12.7. The molecule has 0 saturated carbocycles. The van der Waals surface area contributed by atoms with E-state index in [1.54, 1.807) is 10.4 Å². The SMILES string of the molecule is CCN(CC)C1CCN(S(=O)(=O)c2ccc(CNC)s2)C1. The first-order valence-electron chi connectivity index (χ1n) is 7.50. The number of sulfonamides is 1. The highest BCUT2D eigenvalue weighted by Gasteiger charge is 2.35. The van der Waals surface area contributed by atoms with Crippen LogP contribution in [-0.4, -0.2) is 56.9 Å². The minimum Gasteiger partial charge on any atom is -0.315 e. The number of thiophene rings is 1. The maximum Gasteiger partial charge on any atom is 0.252 e. The van der Waals surface area contributed by atoms with Crippen molar-refractivity contribution in [3.63, 3.8) is 0 Å². The summed E-state index contributed by atoms with van der Waals surface area (Å²) in [4.78, 5) is 3.40. The van der Waals surface area contributed by atoms with Gasteiger partial charge in [0, 0.05) is 30.6 Å². The second kappa shape index (κ2) is 7.19. The Morgan fingerprint density at radius 2 is 2.10 bits per heavy atom. The fourth-order valence-corrected chi connectivity index (χ4v) is 5.87. The third kappa shape index (κ3) is 3.65. The lowest BCUT2D eigenvalue weighted by atomic mass is 10.2. The summed E-state index contributed by atoms with van der Waals surface area (Å²) in [5.74, 6) is 0. The quantitative estimate of drug-likeness (QED) is 0.824. The van der Waals surface area contributed by atoms with Crippen LogP contribution in [0.4, 0.5) is 0 Å². The van der Waals surface area contributed by atoms with Crippen LogP contribution in [0.3, 0.4) is 0 Å². The summed E-state index contributed by atoms with van der Waals surface area (Å²) in [5.41, 5.74) is 0. The zero-order chi connectivity index (χ0) is 15.5. The van der Waals surface area contributed by atoms with E-state index in [2.05, 4.69) is 24.1 Å². The van der Waals surface area contributed by atoms with Gasteiger partial charge in [0.15, 0.2) is 0 Å². The standard InChI is InChI=1S/C14H25N3O2S2/c1-4-16(5-2)12-8-9-17(11-12)21(18,19)14-7-6-13(20-14)10-15-3/h6-7,12,15H,4-5,8-11H2,1-3H3. The molecule has 7 heteroatoms. The van der Waals surface area contributed by atoms with Crippen molar-refractivity contribution in [1.82, 2.24) is 14.5 Å². The number of nitrogens with one attached hydrogen (secondary N) is 1. The lowest BCUT2D eigenvalue weighted by molar-refractivity contribution is 0.225. The molecule has 0 spiro atoms. The van der Waals surface area contributed by atoms with Crippen molar-refractivity contribution in [3.05, 3.63) is 17.0 Å². The second-order valence-electron chi connectivity index (χ2n) is 5.28. The highest BCUT2D eigenvalue weighted by molar-refractivity contribution is 7.91. The monoisotopic (exact) mass is 331 g/mol. The molecule has 2 heterocycles. The summed E-state index contributed by atoms with van der Waals surface area (Å²) in [5, 5.41) is 3.05. The average molecular weight is 332 g/mol. The van der Waals surface area contributed by atoms with Crippen LogP contribution in [0.25, 0.3) is 0 Å². The molecule has 1 atom stereocenters. The molecule has 2 rings (SSSR count). The summed E-state index contributed by atoms with van der Waals surface area (Å²) < 4.78 is 27.5. The topological polar surface area (TPSA) is 52.7 Å². The molecule has 0 amide bonds. The van der Waals surface area contributed by atoms with Crippen LogP contribution in [-0.2, 0) is 16.6 Å². The predicted molar refractivity (Wildman–Crippen MR) is 87.2 cm³/mol. The van der Waals surface area contributed by atoms with Gasteiger partial charge in [-0.3, -0.25) is 4.90 Å². The van der Waals surface area contributed by atoms with E-state index in [0.29, 0.717) is 29.9 Å². The maximum atomic E-state index is 12.7. The van der Waals surface area contributed by atoms with E-state index >= 15 is 0 Å². The Morgan fingerprint density at radius 3 is 2.71 bits per heavy atom. The van der Waals surface area contributed by atoms with E-state index < -0.39 is 10.0 Å². The van der Waals surface area contributed by atoms with Crippen molar-refractivity contribution in [1.29, 1.82) is 0 Å². The zero-order valence-corrected chi connectivity index (χ0v) is 14.6. The number of rotatable bonds is 7. The van der Waals surface area contributed by atoms with Gasteiger partial charge in [0.1, 0.15) is 4.21 Å². The van der Waals surface area contributed by atoms with E-state index in [4.69, 9.17) is 0 Å². The second-order valence-corrected chi connectivity index (χ2v) is 8.61. The van der Waals surface area contributed by atoms with Gasteiger partial charge in [0.2, 0.25) is 0 Å². The summed E-state index contributed by atoms with van der Waals surface area (Å²) in [6, 6.07) is 3.98. The third-order valence-corrected chi connectivity index (χ3v) is 7.45. The van der Waals surface area contributed by atoms with E-state index in [1.165, 1.54) is 11.3 Å². The molecule has 1 aliphatic heterocycles. The molecule has 5 nitrogen and oxygen atoms in total. The highest BCUT2D eigenvalue weighted by Crippen LogP contribution is 2.28. The van der Waals surface area contributed by atoms with E-state index in [-0.39, 0.29) is 0 Å². The van der Waals surface area contributed by atoms with Gasteiger partial charge >= 0.3 is 0 Å². The molecule has 0 aliphatic carbocycles. The molecular weight excluding hydrogens is 306 g/mol. The molecule has 1 unspecified atom stereocenters. The van der Waals surface area contributed by atoms with Crippen LogP contribution in [0, 0.1) is 0 Å².